The van der Waals surface area contributed by atoms with Crippen molar-refractivity contribution in [1.29, 1.82) is 0 Å². The van der Waals surface area contributed by atoms with E-state index in [1.165, 1.54) is 17.0 Å². The van der Waals surface area contributed by atoms with Gasteiger partial charge in [-0.15, -0.1) is 0 Å². The minimum atomic E-state index is -1.21. The van der Waals surface area contributed by atoms with Gasteiger partial charge in [-0.3, -0.25) is 34.3 Å². The molecule has 49 heavy (non-hydrogen) atoms. The maximum Gasteiger partial charge on any atom is 0.289 e. The average Bonchev–Trinajstić information content (AvgIpc) is 3.63. The fraction of sp³-hybridized carbons (Fsp3) is 0.629. The number of benzene rings is 1. The number of carbonyl (C=O) groups excluding carboxylic acids is 5. The molecule has 4 N–H and O–H groups in total. The number of Topliss-reactive ketones (excluding diaryl/α,β-unsaturated/α-hetero) is 1. The standard InChI is InChI=1S/C35H47ClFN5O7/c1-5-6-25(29(44)32(46)38-24-7-8-24)39-31(45)27-18-35(17-26(41-49-35)21-14-22(36)16-23(37)15-21)19-42(27)33(47)30(34(2,3)4)40-28(43)13-20-9-11-48-12-10-20/h14-17,20,24-25,27,30,41H,5-13,18-19H2,1-4H3,(H,38,46)(H,39,45)(H,40,43)/t25-,27-,30+,35+/m0/s1. The number of amides is 4. The van der Waals surface area contributed by atoms with Crippen LogP contribution in [0.1, 0.15) is 84.6 Å². The lowest BCUT2D eigenvalue weighted by molar-refractivity contribution is -0.145. The lowest BCUT2D eigenvalue weighted by atomic mass is 9.85. The molecule has 1 saturated carbocycles. The van der Waals surface area contributed by atoms with Gasteiger partial charge < -0.3 is 25.6 Å². The highest BCUT2D eigenvalue weighted by molar-refractivity contribution is 6.38. The second-order valence-electron chi connectivity index (χ2n) is 14.8. The van der Waals surface area contributed by atoms with Gasteiger partial charge in [0.15, 0.2) is 0 Å². The molecule has 0 bridgehead atoms. The van der Waals surface area contributed by atoms with Gasteiger partial charge in [-0.2, -0.15) is 0 Å². The Balaban J connectivity index is 1.42. The molecule has 3 fully saturated rings. The molecule has 12 nitrogen and oxygen atoms in total. The molecule has 3 aliphatic heterocycles. The van der Waals surface area contributed by atoms with Crippen LogP contribution in [0.4, 0.5) is 4.39 Å². The largest absolute Gasteiger partial charge is 0.381 e. The van der Waals surface area contributed by atoms with E-state index in [2.05, 4.69) is 21.4 Å². The Hall–Kier alpha value is -3.55. The summed E-state index contributed by atoms with van der Waals surface area (Å²) in [6.07, 6.45) is 5.78. The smallest absolute Gasteiger partial charge is 0.289 e. The number of hydrogen-bond donors (Lipinski definition) is 4. The Morgan fingerprint density at radius 3 is 2.43 bits per heavy atom. The van der Waals surface area contributed by atoms with Crippen LogP contribution < -0.4 is 21.4 Å². The number of rotatable bonds is 12. The van der Waals surface area contributed by atoms with Gasteiger partial charge in [0.2, 0.25) is 23.5 Å². The first-order valence-electron chi connectivity index (χ1n) is 17.1. The molecule has 5 rings (SSSR count). The number of hydrogen-bond acceptors (Lipinski definition) is 8. The highest BCUT2D eigenvalue weighted by atomic mass is 35.5. The zero-order valence-electron chi connectivity index (χ0n) is 28.5. The Labute approximate surface area is 291 Å². The van der Waals surface area contributed by atoms with Crippen LogP contribution >= 0.6 is 11.6 Å². The first-order valence-corrected chi connectivity index (χ1v) is 17.5. The van der Waals surface area contributed by atoms with Crippen molar-refractivity contribution in [2.45, 2.75) is 109 Å². The van der Waals surface area contributed by atoms with E-state index in [4.69, 9.17) is 21.2 Å². The highest BCUT2D eigenvalue weighted by Gasteiger charge is 2.54. The summed E-state index contributed by atoms with van der Waals surface area (Å²) in [6.45, 7) is 8.42. The summed E-state index contributed by atoms with van der Waals surface area (Å²) in [5.41, 5.74) is 1.68. The second kappa shape index (κ2) is 15.1. The first-order chi connectivity index (χ1) is 23.2. The Morgan fingerprint density at radius 1 is 1.08 bits per heavy atom. The summed E-state index contributed by atoms with van der Waals surface area (Å²) in [7, 11) is 0. The van der Waals surface area contributed by atoms with E-state index >= 15 is 0 Å². The zero-order valence-corrected chi connectivity index (χ0v) is 29.3. The summed E-state index contributed by atoms with van der Waals surface area (Å²) in [4.78, 5) is 75.1. The van der Waals surface area contributed by atoms with Gasteiger partial charge in [0.05, 0.1) is 18.3 Å². The van der Waals surface area contributed by atoms with Crippen molar-refractivity contribution in [3.63, 3.8) is 0 Å². The second-order valence-corrected chi connectivity index (χ2v) is 15.2. The molecule has 4 amide bonds. The summed E-state index contributed by atoms with van der Waals surface area (Å²) in [5, 5.41) is 8.56. The molecular weight excluding hydrogens is 657 g/mol. The molecule has 1 aromatic carbocycles. The lowest BCUT2D eigenvalue weighted by Crippen LogP contribution is -2.59. The Morgan fingerprint density at radius 2 is 1.80 bits per heavy atom. The molecule has 2 saturated heterocycles. The van der Waals surface area contributed by atoms with Crippen molar-refractivity contribution < 1.29 is 37.9 Å². The van der Waals surface area contributed by atoms with E-state index < -0.39 is 58.5 Å². The van der Waals surface area contributed by atoms with E-state index in [9.17, 15) is 28.4 Å². The lowest BCUT2D eigenvalue weighted by Gasteiger charge is -2.36. The third-order valence-corrected chi connectivity index (χ3v) is 9.68. The van der Waals surface area contributed by atoms with Crippen LogP contribution in [0, 0.1) is 17.2 Å². The van der Waals surface area contributed by atoms with Gasteiger partial charge in [-0.05, 0) is 67.7 Å². The van der Waals surface area contributed by atoms with E-state index in [1.807, 2.05) is 27.7 Å². The molecule has 0 radical (unpaired) electrons. The number of nitrogens with zero attached hydrogens (tertiary/aromatic N) is 1. The van der Waals surface area contributed by atoms with Crippen molar-refractivity contribution in [2.75, 3.05) is 19.8 Å². The molecule has 268 valence electrons. The predicted molar refractivity (Wildman–Crippen MR) is 179 cm³/mol. The third-order valence-electron chi connectivity index (χ3n) is 9.46. The molecule has 4 atom stereocenters. The molecule has 0 unspecified atom stereocenters. The maximum absolute atomic E-state index is 14.5. The van der Waals surface area contributed by atoms with Gasteiger partial charge in [-0.1, -0.05) is 45.7 Å². The van der Waals surface area contributed by atoms with Crippen LogP contribution in [0.15, 0.2) is 24.3 Å². The molecule has 1 spiro atoms. The van der Waals surface area contributed by atoms with E-state index in [0.29, 0.717) is 30.9 Å². The number of ether oxygens (including phenoxy) is 1. The van der Waals surface area contributed by atoms with Crippen LogP contribution in [0.25, 0.3) is 5.70 Å². The fourth-order valence-corrected chi connectivity index (χ4v) is 6.81. The predicted octanol–water partition coefficient (Wildman–Crippen LogP) is 3.17. The summed E-state index contributed by atoms with van der Waals surface area (Å²) >= 11 is 6.10. The van der Waals surface area contributed by atoms with Crippen LogP contribution in [0.3, 0.4) is 0 Å². The molecule has 3 heterocycles. The van der Waals surface area contributed by atoms with Gasteiger partial charge in [0, 0.05) is 42.7 Å². The van der Waals surface area contributed by atoms with Crippen molar-refractivity contribution in [1.82, 2.24) is 26.3 Å². The van der Waals surface area contributed by atoms with Gasteiger partial charge in [-0.25, -0.2) is 4.39 Å². The molecular formula is C35H47ClFN5O7. The van der Waals surface area contributed by atoms with E-state index in [0.717, 1.165) is 25.7 Å². The number of ketones is 1. The molecule has 0 aromatic heterocycles. The molecule has 4 aliphatic rings. The topological polar surface area (TPSA) is 155 Å². The average molecular weight is 704 g/mol. The normalized spacial score (nSPS) is 23.8. The van der Waals surface area contributed by atoms with Crippen LogP contribution in [0.2, 0.25) is 5.02 Å². The number of likely N-dealkylation sites (tertiary alicyclic amines) is 1. The van der Waals surface area contributed by atoms with Crippen molar-refractivity contribution in [3.05, 3.63) is 40.7 Å². The van der Waals surface area contributed by atoms with Crippen LogP contribution in [0.5, 0.6) is 0 Å². The minimum absolute atomic E-state index is 0.0156. The van der Waals surface area contributed by atoms with E-state index in [1.54, 1.807) is 12.1 Å². The van der Waals surface area contributed by atoms with Crippen molar-refractivity contribution in [2.24, 2.45) is 11.3 Å². The first kappa shape index (κ1) is 36.7. The van der Waals surface area contributed by atoms with E-state index in [-0.39, 0.29) is 48.7 Å². The van der Waals surface area contributed by atoms with Crippen molar-refractivity contribution in [3.8, 4) is 0 Å². The van der Waals surface area contributed by atoms with Gasteiger partial charge >= 0.3 is 0 Å². The minimum Gasteiger partial charge on any atom is -0.381 e. The Bertz CT molecular complexity index is 1470. The highest BCUT2D eigenvalue weighted by Crippen LogP contribution is 2.39. The van der Waals surface area contributed by atoms with Crippen molar-refractivity contribution >= 4 is 46.7 Å². The molecule has 1 aliphatic carbocycles. The number of carbonyl (C=O) groups is 5. The summed E-state index contributed by atoms with van der Waals surface area (Å²) < 4.78 is 19.7. The van der Waals surface area contributed by atoms with Gasteiger partial charge in [0.1, 0.15) is 23.5 Å². The number of hydroxylamine groups is 1. The molecule has 1 aromatic rings. The quantitative estimate of drug-likeness (QED) is 0.242. The zero-order chi connectivity index (χ0) is 35.5. The number of nitrogens with one attached hydrogen (secondary N) is 4. The Kier molecular flexibility index (Phi) is 11.3. The maximum atomic E-state index is 14.5. The van der Waals surface area contributed by atoms with Crippen LogP contribution in [-0.2, 0) is 33.5 Å². The third kappa shape index (κ3) is 9.17. The van der Waals surface area contributed by atoms with Gasteiger partial charge in [0.25, 0.3) is 5.91 Å². The monoisotopic (exact) mass is 703 g/mol. The summed E-state index contributed by atoms with van der Waals surface area (Å²) in [6, 6.07) is 0.770. The number of halogens is 2. The molecule has 14 heteroatoms. The summed E-state index contributed by atoms with van der Waals surface area (Å²) in [5.74, 6) is -3.29. The fourth-order valence-electron chi connectivity index (χ4n) is 6.59. The van der Waals surface area contributed by atoms with Crippen LogP contribution in [-0.4, -0.2) is 83.8 Å². The SMILES string of the molecule is CCC[C@H](NC(=O)[C@@H]1C[C@]2(C=C(c3cc(F)cc(Cl)c3)NO2)CN1C(=O)[C@@H](NC(=O)CC1CCOCC1)C(C)(C)C)C(=O)C(=O)NC1CC1.